The molecule has 20 heavy (non-hydrogen) atoms. The molecule has 106 valence electrons. The molecule has 0 aliphatic heterocycles. The average molecular weight is 304 g/mol. The number of benzene rings is 1. The predicted molar refractivity (Wildman–Crippen MR) is 84.0 cm³/mol. The van der Waals surface area contributed by atoms with Gasteiger partial charge in [-0.2, -0.15) is 0 Å². The van der Waals surface area contributed by atoms with Gasteiger partial charge in [-0.3, -0.25) is 0 Å². The van der Waals surface area contributed by atoms with Crippen LogP contribution >= 0.6 is 0 Å². The van der Waals surface area contributed by atoms with Crippen LogP contribution in [0.4, 0.5) is 0 Å². The van der Waals surface area contributed by atoms with Gasteiger partial charge in [0.1, 0.15) is 0 Å². The molecule has 1 aliphatic carbocycles. The fraction of sp³-hybridized carbons (Fsp3) is 0.389. The van der Waals surface area contributed by atoms with E-state index in [-0.39, 0.29) is 5.41 Å². The summed E-state index contributed by atoms with van der Waals surface area (Å²) in [6.45, 7) is 11.1. The maximum atomic E-state index is 6.42. The molecule has 2 rings (SSSR count). The van der Waals surface area contributed by atoms with E-state index in [0.717, 1.165) is 12.2 Å². The van der Waals surface area contributed by atoms with Crippen molar-refractivity contribution in [2.45, 2.75) is 46.5 Å². The van der Waals surface area contributed by atoms with Gasteiger partial charge in [0.05, 0.1) is 0 Å². The van der Waals surface area contributed by atoms with Crippen LogP contribution in [-0.2, 0) is 23.2 Å². The first-order valence-electron chi connectivity index (χ1n) is 7.20. The standard InChI is InChI=1S/C10H14O.C5H5.C3H6.Ti/c1-10(2,3)8-5-4-6-9(11)7-8;1-2-4-5-3-1;1-3-2;/h4-7,11H,1-3H3;1-3H,4H2;1-2H3;/q;;;+1/p-1. The molecule has 0 amide bonds. The Bertz CT molecular complexity index is 582. The second-order valence-corrected chi connectivity index (χ2v) is 10.4. The Balaban J connectivity index is 2.27. The molecular formula is C18H24OTi. The number of allylic oxidation sites excluding steroid dienone is 4. The molecule has 1 aromatic carbocycles. The molecule has 0 spiro atoms. The van der Waals surface area contributed by atoms with E-state index in [2.05, 4.69) is 77.1 Å². The van der Waals surface area contributed by atoms with Crippen molar-refractivity contribution in [3.8, 4) is 5.75 Å². The van der Waals surface area contributed by atoms with Crippen molar-refractivity contribution in [3.05, 3.63) is 51.9 Å². The predicted octanol–water partition coefficient (Wildman–Crippen LogP) is 4.95. The van der Waals surface area contributed by atoms with Gasteiger partial charge in [0.15, 0.2) is 0 Å². The average Bonchev–Trinajstić information content (AvgIpc) is 2.88. The van der Waals surface area contributed by atoms with E-state index >= 15 is 0 Å². The maximum absolute atomic E-state index is 6.42. The van der Waals surface area contributed by atoms with Gasteiger partial charge >= 0.3 is 129 Å². The van der Waals surface area contributed by atoms with Gasteiger partial charge in [0.2, 0.25) is 0 Å². The monoisotopic (exact) mass is 304 g/mol. The molecule has 1 aromatic rings. The van der Waals surface area contributed by atoms with E-state index in [0.29, 0.717) is 0 Å². The summed E-state index contributed by atoms with van der Waals surface area (Å²) < 4.78 is 9.38. The van der Waals surface area contributed by atoms with Crippen molar-refractivity contribution < 1.29 is 21.1 Å². The van der Waals surface area contributed by atoms with Crippen LogP contribution < -0.4 is 3.32 Å². The van der Waals surface area contributed by atoms with Gasteiger partial charge in [-0.15, -0.1) is 0 Å². The summed E-state index contributed by atoms with van der Waals surface area (Å²) >= 11 is -1.75. The SMILES string of the molecule is C[C](C)=[Ti]([O]c1cccc(C(C)(C)C)c1)[C]1=CC=CC1. The summed E-state index contributed by atoms with van der Waals surface area (Å²) in [4.78, 5) is 0. The van der Waals surface area contributed by atoms with Gasteiger partial charge < -0.3 is 0 Å². The molecule has 0 saturated carbocycles. The van der Waals surface area contributed by atoms with Crippen molar-refractivity contribution >= 4 is 3.81 Å². The van der Waals surface area contributed by atoms with Crippen molar-refractivity contribution in [3.63, 3.8) is 0 Å². The van der Waals surface area contributed by atoms with E-state index in [4.69, 9.17) is 3.32 Å². The summed E-state index contributed by atoms with van der Waals surface area (Å²) in [7, 11) is 0. The fourth-order valence-electron chi connectivity index (χ4n) is 2.25. The van der Waals surface area contributed by atoms with E-state index < -0.39 is 17.8 Å². The zero-order valence-corrected chi connectivity index (χ0v) is 14.7. The second-order valence-electron chi connectivity index (χ2n) is 6.53. The summed E-state index contributed by atoms with van der Waals surface area (Å²) in [5.41, 5.74) is 1.50. The topological polar surface area (TPSA) is 9.23 Å². The Labute approximate surface area is 129 Å². The molecule has 0 atom stereocenters. The van der Waals surface area contributed by atoms with Crippen LogP contribution in [0.1, 0.15) is 46.6 Å². The Morgan fingerprint density at radius 1 is 1.20 bits per heavy atom. The van der Waals surface area contributed by atoms with E-state index in [1.165, 1.54) is 13.3 Å². The van der Waals surface area contributed by atoms with Gasteiger partial charge in [0, 0.05) is 0 Å². The third-order valence-corrected chi connectivity index (χ3v) is 7.03. The van der Waals surface area contributed by atoms with Crippen molar-refractivity contribution in [2.24, 2.45) is 0 Å². The minimum atomic E-state index is -1.75. The van der Waals surface area contributed by atoms with Gasteiger partial charge in [-0.25, -0.2) is 0 Å². The first kappa shape index (κ1) is 15.5. The van der Waals surface area contributed by atoms with Crippen LogP contribution in [0.3, 0.4) is 0 Å². The van der Waals surface area contributed by atoms with Crippen LogP contribution in [-0.4, -0.2) is 3.81 Å². The van der Waals surface area contributed by atoms with E-state index in [1.807, 2.05) is 0 Å². The molecule has 1 aliphatic rings. The van der Waals surface area contributed by atoms with Crippen LogP contribution in [0, 0.1) is 0 Å². The Hall–Kier alpha value is -0.916. The third-order valence-electron chi connectivity index (χ3n) is 3.44. The summed E-state index contributed by atoms with van der Waals surface area (Å²) in [5, 5.41) is 0. The zero-order chi connectivity index (χ0) is 14.8. The molecule has 0 heterocycles. The van der Waals surface area contributed by atoms with Crippen molar-refractivity contribution in [2.75, 3.05) is 0 Å². The summed E-state index contributed by atoms with van der Waals surface area (Å²) in [6.07, 6.45) is 7.69. The third kappa shape index (κ3) is 3.80. The summed E-state index contributed by atoms with van der Waals surface area (Å²) in [6, 6.07) is 8.59. The molecule has 0 saturated heterocycles. The Kier molecular flexibility index (Phi) is 4.83. The van der Waals surface area contributed by atoms with Crippen LogP contribution in [0.5, 0.6) is 5.75 Å². The van der Waals surface area contributed by atoms with Crippen molar-refractivity contribution in [1.82, 2.24) is 0 Å². The molecule has 1 nitrogen and oxygen atoms in total. The van der Waals surface area contributed by atoms with Gasteiger partial charge in [-0.1, -0.05) is 0 Å². The number of hydrogen-bond acceptors (Lipinski definition) is 1. The van der Waals surface area contributed by atoms with Gasteiger partial charge in [0.25, 0.3) is 0 Å². The normalized spacial score (nSPS) is 14.2. The van der Waals surface area contributed by atoms with Crippen LogP contribution in [0.2, 0.25) is 0 Å². The van der Waals surface area contributed by atoms with Gasteiger partial charge in [-0.05, 0) is 0 Å². The fourth-order valence-corrected chi connectivity index (χ4v) is 5.20. The molecule has 0 radical (unpaired) electrons. The van der Waals surface area contributed by atoms with Crippen LogP contribution in [0.15, 0.2) is 46.4 Å². The zero-order valence-electron chi connectivity index (χ0n) is 13.2. The van der Waals surface area contributed by atoms with Crippen molar-refractivity contribution in [1.29, 1.82) is 0 Å². The summed E-state index contributed by atoms with van der Waals surface area (Å²) in [5.74, 6) is 1.03. The first-order valence-corrected chi connectivity index (χ1v) is 9.40. The molecule has 0 aromatic heterocycles. The molecular weight excluding hydrogens is 280 g/mol. The van der Waals surface area contributed by atoms with E-state index in [1.54, 1.807) is 0 Å². The number of hydrogen-bond donors (Lipinski definition) is 0. The number of rotatable bonds is 3. The Morgan fingerprint density at radius 2 is 1.95 bits per heavy atom. The quantitative estimate of drug-likeness (QED) is 0.718. The van der Waals surface area contributed by atoms with E-state index in [9.17, 15) is 0 Å². The Morgan fingerprint density at radius 3 is 2.50 bits per heavy atom. The molecule has 0 fully saturated rings. The first-order chi connectivity index (χ1) is 9.38. The second kappa shape index (κ2) is 6.24. The molecule has 2 heteroatoms. The molecule has 0 N–H and O–H groups in total. The molecule has 0 bridgehead atoms. The minimum absolute atomic E-state index is 0.165. The molecule has 0 unspecified atom stereocenters. The van der Waals surface area contributed by atoms with Crippen LogP contribution in [0.25, 0.3) is 0 Å².